The van der Waals surface area contributed by atoms with Gasteiger partial charge in [0, 0.05) is 59.5 Å². The lowest BCUT2D eigenvalue weighted by Gasteiger charge is -2.40. The summed E-state index contributed by atoms with van der Waals surface area (Å²) in [5.41, 5.74) is 7.15. The molecule has 0 N–H and O–H groups in total. The zero-order valence-electron chi connectivity index (χ0n) is 22.6. The van der Waals surface area contributed by atoms with E-state index >= 15 is 0 Å². The van der Waals surface area contributed by atoms with Crippen LogP contribution in [0.15, 0.2) is 72.9 Å². The van der Waals surface area contributed by atoms with Gasteiger partial charge >= 0.3 is 0 Å². The van der Waals surface area contributed by atoms with E-state index in [4.69, 9.17) is 0 Å². The summed E-state index contributed by atoms with van der Waals surface area (Å²) >= 11 is 0. The van der Waals surface area contributed by atoms with Crippen LogP contribution in [0.5, 0.6) is 0 Å². The van der Waals surface area contributed by atoms with Crippen molar-refractivity contribution >= 4 is 0 Å². The van der Waals surface area contributed by atoms with Gasteiger partial charge in [0.2, 0.25) is 0 Å². The van der Waals surface area contributed by atoms with Gasteiger partial charge < -0.3 is 9.80 Å². The van der Waals surface area contributed by atoms with E-state index in [-0.39, 0.29) is 10.8 Å². The SMILES string of the molecule is C=C1[C@H]2CC=CC(C)(C)C[C@H]2C(=C)N1CCCCCCN1C(=C)[C@@H]2[C@@H](CC=C(C)C2(C)C)C1=C. The Morgan fingerprint density at radius 1 is 0.765 bits per heavy atom. The molecule has 34 heavy (non-hydrogen) atoms. The monoisotopic (exact) mass is 460 g/mol. The van der Waals surface area contributed by atoms with Crippen molar-refractivity contribution in [3.05, 3.63) is 72.9 Å². The zero-order valence-corrected chi connectivity index (χ0v) is 22.6. The van der Waals surface area contributed by atoms with Crippen LogP contribution in [0.4, 0.5) is 0 Å². The van der Waals surface area contributed by atoms with Crippen molar-refractivity contribution in [3.63, 3.8) is 0 Å². The molecule has 0 spiro atoms. The normalized spacial score (nSPS) is 32.1. The lowest BCUT2D eigenvalue weighted by Crippen LogP contribution is -2.33. The molecule has 0 unspecified atom stereocenters. The summed E-state index contributed by atoms with van der Waals surface area (Å²) in [4.78, 5) is 4.91. The first-order valence-corrected chi connectivity index (χ1v) is 13.6. The quantitative estimate of drug-likeness (QED) is 0.278. The fraction of sp³-hybridized carbons (Fsp3) is 0.625. The highest BCUT2D eigenvalue weighted by atomic mass is 15.2. The van der Waals surface area contributed by atoms with Crippen molar-refractivity contribution in [1.29, 1.82) is 0 Å². The van der Waals surface area contributed by atoms with Gasteiger partial charge in [0.25, 0.3) is 0 Å². The number of fused-ring (bicyclic) bond motifs is 2. The average Bonchev–Trinajstić information content (AvgIpc) is 3.04. The first-order valence-electron chi connectivity index (χ1n) is 13.6. The highest BCUT2D eigenvalue weighted by molar-refractivity contribution is 5.34. The Morgan fingerprint density at radius 2 is 1.32 bits per heavy atom. The summed E-state index contributed by atoms with van der Waals surface area (Å²) in [5.74, 6) is 2.13. The van der Waals surface area contributed by atoms with Crippen LogP contribution in [-0.2, 0) is 0 Å². The standard InChI is InChI=1S/C32H48N2/c1-22-16-17-28-24(3)34(26(5)30(28)32(22,8)9)20-13-11-10-12-19-33-23(2)27-15-14-18-31(6,7)21-29(27)25(33)4/h14,16,18,27-30H,2-5,10-13,15,17,19-21H2,1,6-9H3/t27-,28+,29+,30-/m1/s1. The van der Waals surface area contributed by atoms with Crippen LogP contribution in [0.2, 0.25) is 0 Å². The molecule has 2 heteroatoms. The van der Waals surface area contributed by atoms with E-state index in [1.807, 2.05) is 0 Å². The predicted molar refractivity (Wildman–Crippen MR) is 147 cm³/mol. The third kappa shape index (κ3) is 4.38. The maximum absolute atomic E-state index is 4.54. The zero-order chi connectivity index (χ0) is 24.8. The average molecular weight is 461 g/mol. The number of unbranched alkanes of at least 4 members (excludes halogenated alkanes) is 3. The van der Waals surface area contributed by atoms with Crippen LogP contribution in [0.3, 0.4) is 0 Å². The molecule has 2 aliphatic heterocycles. The molecule has 4 atom stereocenters. The lowest BCUT2D eigenvalue weighted by atomic mass is 9.63. The molecule has 2 heterocycles. The summed E-state index contributed by atoms with van der Waals surface area (Å²) in [7, 11) is 0. The topological polar surface area (TPSA) is 6.48 Å². The maximum atomic E-state index is 4.54. The van der Waals surface area contributed by atoms with Gasteiger partial charge in [0.15, 0.2) is 0 Å². The molecule has 0 aromatic heterocycles. The van der Waals surface area contributed by atoms with E-state index < -0.39 is 0 Å². The molecule has 0 amide bonds. The van der Waals surface area contributed by atoms with Crippen LogP contribution < -0.4 is 0 Å². The molecule has 4 rings (SSSR count). The molecule has 0 aromatic rings. The molecule has 0 bridgehead atoms. The largest absolute Gasteiger partial charge is 0.349 e. The minimum Gasteiger partial charge on any atom is -0.349 e. The molecule has 0 radical (unpaired) electrons. The summed E-state index contributed by atoms with van der Waals surface area (Å²) in [6.45, 7) is 31.9. The minimum absolute atomic E-state index is 0.180. The van der Waals surface area contributed by atoms with Crippen molar-refractivity contribution in [2.24, 2.45) is 34.5 Å². The van der Waals surface area contributed by atoms with Gasteiger partial charge in [0.05, 0.1) is 0 Å². The Kier molecular flexibility index (Phi) is 6.84. The second kappa shape index (κ2) is 9.25. The van der Waals surface area contributed by atoms with E-state index in [1.54, 1.807) is 0 Å². The predicted octanol–water partition coefficient (Wildman–Crippen LogP) is 8.45. The number of nitrogens with zero attached hydrogens (tertiary/aromatic N) is 2. The molecule has 2 nitrogen and oxygen atoms in total. The number of hydrogen-bond acceptors (Lipinski definition) is 2. The molecule has 2 saturated heterocycles. The molecule has 2 aliphatic carbocycles. The lowest BCUT2D eigenvalue weighted by molar-refractivity contribution is 0.236. The summed E-state index contributed by atoms with van der Waals surface area (Å²) in [6.07, 6.45) is 15.5. The van der Waals surface area contributed by atoms with Gasteiger partial charge in [-0.25, -0.2) is 0 Å². The maximum Gasteiger partial charge on any atom is 0.0224 e. The van der Waals surface area contributed by atoms with Gasteiger partial charge in [-0.05, 0) is 49.9 Å². The van der Waals surface area contributed by atoms with Crippen LogP contribution in [0, 0.1) is 34.5 Å². The third-order valence-electron chi connectivity index (χ3n) is 9.61. The van der Waals surface area contributed by atoms with E-state index in [0.29, 0.717) is 23.7 Å². The van der Waals surface area contributed by atoms with E-state index in [9.17, 15) is 0 Å². The van der Waals surface area contributed by atoms with Crippen molar-refractivity contribution in [1.82, 2.24) is 9.80 Å². The van der Waals surface area contributed by atoms with Gasteiger partial charge in [0.1, 0.15) is 0 Å². The van der Waals surface area contributed by atoms with Crippen molar-refractivity contribution in [3.8, 4) is 0 Å². The smallest absolute Gasteiger partial charge is 0.0224 e. The molecule has 186 valence electrons. The van der Waals surface area contributed by atoms with Gasteiger partial charge in [-0.2, -0.15) is 0 Å². The Labute approximate surface area is 209 Å². The summed E-state index contributed by atoms with van der Waals surface area (Å²) < 4.78 is 0. The van der Waals surface area contributed by atoms with Crippen LogP contribution in [-0.4, -0.2) is 22.9 Å². The molecular formula is C32H48N2. The van der Waals surface area contributed by atoms with E-state index in [0.717, 1.165) is 25.9 Å². The fourth-order valence-corrected chi connectivity index (χ4v) is 7.23. The first-order chi connectivity index (χ1) is 16.0. The first kappa shape index (κ1) is 25.1. The number of likely N-dealkylation sites (tertiary alicyclic amines) is 2. The highest BCUT2D eigenvalue weighted by Crippen LogP contribution is 2.55. The van der Waals surface area contributed by atoms with Crippen LogP contribution in [0.1, 0.15) is 79.6 Å². The molecule has 2 fully saturated rings. The van der Waals surface area contributed by atoms with Gasteiger partial charge in [-0.15, -0.1) is 0 Å². The van der Waals surface area contributed by atoms with E-state index in [2.05, 4.69) is 89.0 Å². The second-order valence-corrected chi connectivity index (χ2v) is 12.7. The minimum atomic E-state index is 0.180. The van der Waals surface area contributed by atoms with Crippen molar-refractivity contribution in [2.45, 2.75) is 79.6 Å². The third-order valence-corrected chi connectivity index (χ3v) is 9.61. The molecule has 0 aromatic carbocycles. The van der Waals surface area contributed by atoms with Crippen LogP contribution >= 0.6 is 0 Å². The highest BCUT2D eigenvalue weighted by Gasteiger charge is 2.49. The molecular weight excluding hydrogens is 412 g/mol. The Balaban J connectivity index is 1.23. The second-order valence-electron chi connectivity index (χ2n) is 12.7. The van der Waals surface area contributed by atoms with E-state index in [1.165, 1.54) is 60.5 Å². The fourth-order valence-electron chi connectivity index (χ4n) is 7.23. The molecule has 4 aliphatic rings. The number of allylic oxidation sites excluding steroid dienone is 8. The Bertz CT molecular complexity index is 927. The number of hydrogen-bond donors (Lipinski definition) is 0. The van der Waals surface area contributed by atoms with Crippen molar-refractivity contribution < 1.29 is 0 Å². The molecule has 0 saturated carbocycles. The summed E-state index contributed by atoms with van der Waals surface area (Å²) in [5, 5.41) is 0. The van der Waals surface area contributed by atoms with Crippen LogP contribution in [0.25, 0.3) is 0 Å². The van der Waals surface area contributed by atoms with Gasteiger partial charge in [-0.3, -0.25) is 0 Å². The van der Waals surface area contributed by atoms with Gasteiger partial charge in [-0.1, -0.05) is 90.7 Å². The number of rotatable bonds is 7. The van der Waals surface area contributed by atoms with Crippen molar-refractivity contribution in [2.75, 3.05) is 13.1 Å². The Hall–Kier alpha value is -1.96. The Morgan fingerprint density at radius 3 is 1.97 bits per heavy atom. The summed E-state index contributed by atoms with van der Waals surface area (Å²) in [6, 6.07) is 0.